The number of para-hydroxylation sites is 1. The molecule has 0 aliphatic heterocycles. The third-order valence-electron chi connectivity index (χ3n) is 3.21. The maximum absolute atomic E-state index is 12.0. The van der Waals surface area contributed by atoms with Gasteiger partial charge in [-0.15, -0.1) is 0 Å². The molecule has 0 atom stereocenters. The van der Waals surface area contributed by atoms with Crippen LogP contribution in [-0.4, -0.2) is 17.5 Å². The number of carbonyl (C=O) groups excluding carboxylic acids is 1. The summed E-state index contributed by atoms with van der Waals surface area (Å²) >= 11 is 0. The second-order valence-corrected chi connectivity index (χ2v) is 6.25. The van der Waals surface area contributed by atoms with E-state index >= 15 is 0 Å². The summed E-state index contributed by atoms with van der Waals surface area (Å²) in [5.74, 6) is 1.06. The second-order valence-electron chi connectivity index (χ2n) is 6.25. The average molecular weight is 298 g/mol. The Hall–Kier alpha value is -2.36. The van der Waals surface area contributed by atoms with Gasteiger partial charge in [-0.2, -0.15) is 0 Å². The molecule has 116 valence electrons. The average Bonchev–Trinajstić information content (AvgIpc) is 2.44. The van der Waals surface area contributed by atoms with Crippen molar-refractivity contribution in [3.8, 4) is 5.75 Å². The highest BCUT2D eigenvalue weighted by molar-refractivity contribution is 5.90. The summed E-state index contributed by atoms with van der Waals surface area (Å²) < 4.78 is 5.69. The maximum Gasteiger partial charge on any atom is 0.263 e. The first-order valence-corrected chi connectivity index (χ1v) is 7.32. The molecular weight excluding hydrogens is 276 g/mol. The molecule has 0 spiro atoms. The molecule has 0 bridgehead atoms. The standard InChI is InChI=1S/C18H22N2O2/c1-13-8-7-11-16(19-13)20-17(21)12-22-15-10-6-5-9-14(15)18(2,3)4/h5-11H,12H2,1-4H3,(H,19,20,21). The van der Waals surface area contributed by atoms with Crippen LogP contribution in [0.3, 0.4) is 0 Å². The Bertz CT molecular complexity index is 660. The first-order chi connectivity index (χ1) is 10.4. The van der Waals surface area contributed by atoms with Gasteiger partial charge in [-0.25, -0.2) is 4.98 Å². The van der Waals surface area contributed by atoms with Crippen molar-refractivity contribution in [1.29, 1.82) is 0 Å². The Morgan fingerprint density at radius 3 is 2.55 bits per heavy atom. The number of amides is 1. The molecule has 2 aromatic rings. The molecular formula is C18H22N2O2. The number of hydrogen-bond donors (Lipinski definition) is 1. The van der Waals surface area contributed by atoms with Crippen LogP contribution in [0.5, 0.6) is 5.75 Å². The van der Waals surface area contributed by atoms with Crippen LogP contribution < -0.4 is 10.1 Å². The number of hydrogen-bond acceptors (Lipinski definition) is 3. The summed E-state index contributed by atoms with van der Waals surface area (Å²) in [7, 11) is 0. The zero-order valence-electron chi connectivity index (χ0n) is 13.5. The van der Waals surface area contributed by atoms with Crippen molar-refractivity contribution in [2.75, 3.05) is 11.9 Å². The van der Waals surface area contributed by atoms with Crippen molar-refractivity contribution in [3.05, 3.63) is 53.7 Å². The molecule has 0 aliphatic carbocycles. The molecule has 1 amide bonds. The summed E-state index contributed by atoms with van der Waals surface area (Å²) in [6.45, 7) is 8.19. The van der Waals surface area contributed by atoms with E-state index in [4.69, 9.17) is 4.74 Å². The molecule has 0 saturated carbocycles. The Morgan fingerprint density at radius 1 is 1.14 bits per heavy atom. The highest BCUT2D eigenvalue weighted by atomic mass is 16.5. The van der Waals surface area contributed by atoms with Crippen molar-refractivity contribution in [2.24, 2.45) is 0 Å². The minimum atomic E-state index is -0.221. The van der Waals surface area contributed by atoms with Crippen molar-refractivity contribution in [2.45, 2.75) is 33.1 Å². The van der Waals surface area contributed by atoms with E-state index in [-0.39, 0.29) is 17.9 Å². The summed E-state index contributed by atoms with van der Waals surface area (Å²) in [5.41, 5.74) is 1.90. The molecule has 4 heteroatoms. The SMILES string of the molecule is Cc1cccc(NC(=O)COc2ccccc2C(C)(C)C)n1. The number of aryl methyl sites for hydroxylation is 1. The molecule has 0 radical (unpaired) electrons. The normalized spacial score (nSPS) is 11.1. The number of nitrogens with zero attached hydrogens (tertiary/aromatic N) is 1. The molecule has 4 nitrogen and oxygen atoms in total. The van der Waals surface area contributed by atoms with Gasteiger partial charge in [0.05, 0.1) is 0 Å². The predicted molar refractivity (Wildman–Crippen MR) is 88.2 cm³/mol. The van der Waals surface area contributed by atoms with Gasteiger partial charge in [0, 0.05) is 5.69 Å². The van der Waals surface area contributed by atoms with E-state index in [1.165, 1.54) is 0 Å². The third kappa shape index (κ3) is 4.32. The van der Waals surface area contributed by atoms with Crippen LogP contribution in [-0.2, 0) is 10.2 Å². The second kappa shape index (κ2) is 6.60. The fourth-order valence-electron chi connectivity index (χ4n) is 2.15. The number of carbonyl (C=O) groups is 1. The van der Waals surface area contributed by atoms with Gasteiger partial charge in [-0.3, -0.25) is 4.79 Å². The van der Waals surface area contributed by atoms with Crippen molar-refractivity contribution in [1.82, 2.24) is 4.98 Å². The zero-order valence-corrected chi connectivity index (χ0v) is 13.5. The van der Waals surface area contributed by atoms with Crippen LogP contribution in [0.2, 0.25) is 0 Å². The van der Waals surface area contributed by atoms with Gasteiger partial charge in [0.25, 0.3) is 5.91 Å². The number of ether oxygens (including phenoxy) is 1. The van der Waals surface area contributed by atoms with E-state index in [0.717, 1.165) is 17.0 Å². The Balaban J connectivity index is 2.00. The lowest BCUT2D eigenvalue weighted by atomic mass is 9.86. The quantitative estimate of drug-likeness (QED) is 0.936. The Kier molecular flexibility index (Phi) is 4.81. The summed E-state index contributed by atoms with van der Waals surface area (Å²) in [6.07, 6.45) is 0. The molecule has 0 saturated heterocycles. The van der Waals surface area contributed by atoms with E-state index in [0.29, 0.717) is 5.82 Å². The van der Waals surface area contributed by atoms with Crippen LogP contribution in [0.1, 0.15) is 32.0 Å². The van der Waals surface area contributed by atoms with Gasteiger partial charge in [-0.1, -0.05) is 45.0 Å². The molecule has 1 N–H and O–H groups in total. The van der Waals surface area contributed by atoms with Crippen LogP contribution in [0.4, 0.5) is 5.82 Å². The molecule has 1 aromatic heterocycles. The topological polar surface area (TPSA) is 51.2 Å². The number of pyridine rings is 1. The fourth-order valence-corrected chi connectivity index (χ4v) is 2.15. The van der Waals surface area contributed by atoms with Crippen LogP contribution in [0.25, 0.3) is 0 Å². The Morgan fingerprint density at radius 2 is 1.86 bits per heavy atom. The van der Waals surface area contributed by atoms with Crippen molar-refractivity contribution in [3.63, 3.8) is 0 Å². The smallest absolute Gasteiger partial charge is 0.263 e. The van der Waals surface area contributed by atoms with Gasteiger partial charge in [0.1, 0.15) is 11.6 Å². The highest BCUT2D eigenvalue weighted by Crippen LogP contribution is 2.30. The van der Waals surface area contributed by atoms with E-state index in [1.807, 2.05) is 43.3 Å². The van der Waals surface area contributed by atoms with E-state index < -0.39 is 0 Å². The van der Waals surface area contributed by atoms with Gasteiger partial charge >= 0.3 is 0 Å². The lowest BCUT2D eigenvalue weighted by Gasteiger charge is -2.22. The molecule has 1 aromatic carbocycles. The number of benzene rings is 1. The number of nitrogens with one attached hydrogen (secondary N) is 1. The number of rotatable bonds is 4. The van der Waals surface area contributed by atoms with Gasteiger partial charge in [0.2, 0.25) is 0 Å². The molecule has 1 heterocycles. The fraction of sp³-hybridized carbons (Fsp3) is 0.333. The molecule has 0 unspecified atom stereocenters. The molecule has 0 aliphatic rings. The first kappa shape index (κ1) is 16.0. The lowest BCUT2D eigenvalue weighted by Crippen LogP contribution is -2.22. The zero-order chi connectivity index (χ0) is 16.2. The number of aromatic nitrogens is 1. The summed E-state index contributed by atoms with van der Waals surface area (Å²) in [5, 5.41) is 2.74. The summed E-state index contributed by atoms with van der Waals surface area (Å²) in [4.78, 5) is 16.2. The van der Waals surface area contributed by atoms with Gasteiger partial charge in [-0.05, 0) is 36.1 Å². The first-order valence-electron chi connectivity index (χ1n) is 7.32. The third-order valence-corrected chi connectivity index (χ3v) is 3.21. The Labute approximate surface area is 131 Å². The highest BCUT2D eigenvalue weighted by Gasteiger charge is 2.18. The van der Waals surface area contributed by atoms with E-state index in [9.17, 15) is 4.79 Å². The molecule has 0 fully saturated rings. The van der Waals surface area contributed by atoms with Crippen LogP contribution in [0.15, 0.2) is 42.5 Å². The summed E-state index contributed by atoms with van der Waals surface area (Å²) in [6, 6.07) is 13.3. The lowest BCUT2D eigenvalue weighted by molar-refractivity contribution is -0.118. The molecule has 22 heavy (non-hydrogen) atoms. The van der Waals surface area contributed by atoms with E-state index in [1.54, 1.807) is 6.07 Å². The van der Waals surface area contributed by atoms with Gasteiger partial charge < -0.3 is 10.1 Å². The monoisotopic (exact) mass is 298 g/mol. The van der Waals surface area contributed by atoms with E-state index in [2.05, 4.69) is 31.1 Å². The van der Waals surface area contributed by atoms with Gasteiger partial charge in [0.15, 0.2) is 6.61 Å². The van der Waals surface area contributed by atoms with Crippen molar-refractivity contribution < 1.29 is 9.53 Å². The maximum atomic E-state index is 12.0. The largest absolute Gasteiger partial charge is 0.483 e. The predicted octanol–water partition coefficient (Wildman–Crippen LogP) is 3.71. The molecule has 2 rings (SSSR count). The minimum absolute atomic E-state index is 0.0365. The minimum Gasteiger partial charge on any atom is -0.483 e. The van der Waals surface area contributed by atoms with Crippen LogP contribution >= 0.6 is 0 Å². The van der Waals surface area contributed by atoms with Crippen LogP contribution in [0, 0.1) is 6.92 Å². The van der Waals surface area contributed by atoms with Crippen molar-refractivity contribution >= 4 is 11.7 Å². The number of anilines is 1.